The van der Waals surface area contributed by atoms with Crippen LogP contribution in [0.25, 0.3) is 0 Å². The number of sulfone groups is 1. The monoisotopic (exact) mass is 330 g/mol. The molecule has 1 aromatic carbocycles. The number of nitrogens with two attached hydrogens (primary N) is 1. The van der Waals surface area contributed by atoms with Crippen molar-refractivity contribution in [3.8, 4) is 5.75 Å². The molecule has 8 heteroatoms. The van der Waals surface area contributed by atoms with Gasteiger partial charge in [0, 0.05) is 36.1 Å². The highest BCUT2D eigenvalue weighted by molar-refractivity contribution is 8.00. The summed E-state index contributed by atoms with van der Waals surface area (Å²) in [6.07, 6.45) is 1.16. The number of rotatable bonds is 4. The summed E-state index contributed by atoms with van der Waals surface area (Å²) in [6.45, 7) is 0.224. The number of nitrogen functional groups attached to an aromatic ring is 1. The van der Waals surface area contributed by atoms with Crippen molar-refractivity contribution in [1.82, 2.24) is 4.90 Å². The number of thioether (sulfide) groups is 1. The molecule has 0 bridgehead atoms. The number of carbonyl (C=O) groups is 1. The Kier molecular flexibility index (Phi) is 5.00. The van der Waals surface area contributed by atoms with Crippen molar-refractivity contribution in [3.63, 3.8) is 0 Å². The minimum absolute atomic E-state index is 0.194. The predicted octanol–water partition coefficient (Wildman–Crippen LogP) is 0.594. The van der Waals surface area contributed by atoms with Crippen LogP contribution in [0.1, 0.15) is 0 Å². The van der Waals surface area contributed by atoms with Crippen LogP contribution >= 0.6 is 11.8 Å². The van der Waals surface area contributed by atoms with E-state index < -0.39 is 15.2 Å². The van der Waals surface area contributed by atoms with Crippen molar-refractivity contribution < 1.29 is 17.9 Å². The largest absolute Gasteiger partial charge is 0.484 e. The lowest BCUT2D eigenvalue weighted by atomic mass is 10.3. The van der Waals surface area contributed by atoms with Gasteiger partial charge in [-0.2, -0.15) is 11.8 Å². The van der Waals surface area contributed by atoms with Crippen LogP contribution in [-0.2, 0) is 14.6 Å². The van der Waals surface area contributed by atoms with Crippen LogP contribution in [0.5, 0.6) is 5.75 Å². The Hall–Kier alpha value is -1.41. The Bertz CT molecular complexity index is 618. The van der Waals surface area contributed by atoms with Gasteiger partial charge in [-0.25, -0.2) is 8.42 Å². The van der Waals surface area contributed by atoms with E-state index in [1.807, 2.05) is 0 Å². The number of carbonyl (C=O) groups excluding carboxylic acids is 1. The van der Waals surface area contributed by atoms with E-state index in [2.05, 4.69) is 0 Å². The van der Waals surface area contributed by atoms with Gasteiger partial charge in [0.25, 0.3) is 5.91 Å². The van der Waals surface area contributed by atoms with Gasteiger partial charge in [-0.1, -0.05) is 6.07 Å². The minimum atomic E-state index is -3.30. The van der Waals surface area contributed by atoms with Crippen molar-refractivity contribution in [2.45, 2.75) is 5.37 Å². The fraction of sp³-hybridized carbons (Fsp3) is 0.462. The third-order valence-corrected chi connectivity index (χ3v) is 5.76. The highest BCUT2D eigenvalue weighted by Gasteiger charge is 2.34. The Morgan fingerprint density at radius 1 is 1.52 bits per heavy atom. The quantitative estimate of drug-likeness (QED) is 0.813. The summed E-state index contributed by atoms with van der Waals surface area (Å²) in [5, 5.41) is -0.770. The van der Waals surface area contributed by atoms with E-state index in [0.717, 1.165) is 12.0 Å². The molecule has 1 fully saturated rings. The second-order valence-corrected chi connectivity index (χ2v) is 8.16. The number of ether oxygens (including phenoxy) is 1. The smallest absolute Gasteiger partial charge is 0.261 e. The summed E-state index contributed by atoms with van der Waals surface area (Å²) in [6, 6.07) is 6.76. The van der Waals surface area contributed by atoms with Gasteiger partial charge in [-0.15, -0.1) is 0 Å². The zero-order valence-electron chi connectivity index (χ0n) is 11.7. The summed E-state index contributed by atoms with van der Waals surface area (Å²) >= 11 is 1.54. The van der Waals surface area contributed by atoms with Crippen LogP contribution in [0, 0.1) is 0 Å². The molecule has 1 heterocycles. The van der Waals surface area contributed by atoms with Crippen molar-refractivity contribution in [3.05, 3.63) is 24.3 Å². The Morgan fingerprint density at radius 3 is 2.95 bits per heavy atom. The molecule has 1 atom stereocenters. The van der Waals surface area contributed by atoms with Gasteiger partial charge in [-0.05, 0) is 12.1 Å². The van der Waals surface area contributed by atoms with Crippen molar-refractivity contribution in [2.75, 3.05) is 36.6 Å². The fourth-order valence-electron chi connectivity index (χ4n) is 2.05. The molecule has 1 amide bonds. The van der Waals surface area contributed by atoms with Crippen LogP contribution in [0.3, 0.4) is 0 Å². The third kappa shape index (κ3) is 4.28. The summed E-state index contributed by atoms with van der Waals surface area (Å²) in [5.74, 6) is 1.30. The average Bonchev–Trinajstić information content (AvgIpc) is 2.44. The van der Waals surface area contributed by atoms with Gasteiger partial charge in [0.1, 0.15) is 11.1 Å². The van der Waals surface area contributed by atoms with Gasteiger partial charge in [0.15, 0.2) is 16.4 Å². The third-order valence-electron chi connectivity index (χ3n) is 3.12. The molecule has 1 aliphatic heterocycles. The topological polar surface area (TPSA) is 89.7 Å². The normalized spacial score (nSPS) is 19.3. The first kappa shape index (κ1) is 16.0. The van der Waals surface area contributed by atoms with Gasteiger partial charge >= 0.3 is 0 Å². The molecule has 1 unspecified atom stereocenters. The van der Waals surface area contributed by atoms with Crippen molar-refractivity contribution in [2.24, 2.45) is 0 Å². The predicted molar refractivity (Wildman–Crippen MR) is 84.0 cm³/mol. The second-order valence-electron chi connectivity index (χ2n) is 4.81. The number of hydrogen-bond donors (Lipinski definition) is 1. The van der Waals surface area contributed by atoms with Crippen molar-refractivity contribution in [1.29, 1.82) is 0 Å². The molecule has 1 aromatic rings. The molecule has 116 valence electrons. The molecule has 0 aromatic heterocycles. The molecule has 0 radical (unpaired) electrons. The molecule has 1 aliphatic rings. The van der Waals surface area contributed by atoms with Gasteiger partial charge in [0.05, 0.1) is 0 Å². The maximum Gasteiger partial charge on any atom is 0.261 e. The van der Waals surface area contributed by atoms with E-state index in [0.29, 0.717) is 23.7 Å². The van der Waals surface area contributed by atoms with E-state index in [1.54, 1.807) is 24.3 Å². The lowest BCUT2D eigenvalue weighted by molar-refractivity contribution is -0.133. The molecule has 2 N–H and O–H groups in total. The molecule has 2 rings (SSSR count). The molecule has 0 aliphatic carbocycles. The summed E-state index contributed by atoms with van der Waals surface area (Å²) in [7, 11) is -3.30. The molecular weight excluding hydrogens is 312 g/mol. The second kappa shape index (κ2) is 6.57. The molecule has 6 nitrogen and oxygen atoms in total. The highest BCUT2D eigenvalue weighted by Crippen LogP contribution is 2.21. The van der Waals surface area contributed by atoms with Gasteiger partial charge in [0.2, 0.25) is 0 Å². The number of amides is 1. The first-order valence-electron chi connectivity index (χ1n) is 6.42. The van der Waals surface area contributed by atoms with Crippen LogP contribution in [0.2, 0.25) is 0 Å². The Balaban J connectivity index is 2.01. The van der Waals surface area contributed by atoms with E-state index in [-0.39, 0.29) is 12.5 Å². The molecule has 0 spiro atoms. The van der Waals surface area contributed by atoms with Crippen LogP contribution < -0.4 is 10.5 Å². The SMILES string of the molecule is CS(=O)(=O)C1CSCCN1C(=O)COc1cccc(N)c1. The summed E-state index contributed by atoms with van der Waals surface area (Å²) < 4.78 is 28.9. The maximum absolute atomic E-state index is 12.2. The highest BCUT2D eigenvalue weighted by atomic mass is 32.2. The zero-order valence-corrected chi connectivity index (χ0v) is 13.3. The number of anilines is 1. The Labute approximate surface area is 128 Å². The summed E-state index contributed by atoms with van der Waals surface area (Å²) in [5.41, 5.74) is 6.17. The first-order chi connectivity index (χ1) is 9.88. The minimum Gasteiger partial charge on any atom is -0.484 e. The molecular formula is C13H18N2O4S2. The fourth-order valence-corrected chi connectivity index (χ4v) is 4.89. The first-order valence-corrected chi connectivity index (χ1v) is 9.53. The van der Waals surface area contributed by atoms with E-state index in [9.17, 15) is 13.2 Å². The number of benzene rings is 1. The van der Waals surface area contributed by atoms with Gasteiger partial charge in [-0.3, -0.25) is 4.79 Å². The van der Waals surface area contributed by atoms with E-state index >= 15 is 0 Å². The van der Waals surface area contributed by atoms with E-state index in [1.165, 1.54) is 16.7 Å². The van der Waals surface area contributed by atoms with Gasteiger partial charge < -0.3 is 15.4 Å². The molecule has 21 heavy (non-hydrogen) atoms. The maximum atomic E-state index is 12.2. The van der Waals surface area contributed by atoms with E-state index in [4.69, 9.17) is 10.5 Å². The number of nitrogens with zero attached hydrogens (tertiary/aromatic N) is 1. The molecule has 1 saturated heterocycles. The lowest BCUT2D eigenvalue weighted by Gasteiger charge is -2.33. The van der Waals surface area contributed by atoms with Crippen molar-refractivity contribution >= 4 is 33.2 Å². The standard InChI is InChI=1S/C13H18N2O4S2/c1-21(17,18)13-9-20-6-5-15(13)12(16)8-19-11-4-2-3-10(14)7-11/h2-4,7,13H,5-6,8-9,14H2,1H3. The Morgan fingerprint density at radius 2 is 2.29 bits per heavy atom. The van der Waals surface area contributed by atoms with Crippen LogP contribution in [0.4, 0.5) is 5.69 Å². The molecule has 0 saturated carbocycles. The average molecular weight is 330 g/mol. The van der Waals surface area contributed by atoms with Crippen LogP contribution in [-0.4, -0.2) is 55.5 Å². The zero-order chi connectivity index (χ0) is 15.5. The van der Waals surface area contributed by atoms with Crippen LogP contribution in [0.15, 0.2) is 24.3 Å². The lowest BCUT2D eigenvalue weighted by Crippen LogP contribution is -2.51. The number of hydrogen-bond acceptors (Lipinski definition) is 6. The summed E-state index contributed by atoms with van der Waals surface area (Å²) in [4.78, 5) is 13.6.